The summed E-state index contributed by atoms with van der Waals surface area (Å²) in [5.74, 6) is 0.662. The fourth-order valence-electron chi connectivity index (χ4n) is 1.76. The van der Waals surface area contributed by atoms with Crippen LogP contribution >= 0.6 is 11.8 Å². The number of fused-ring (bicyclic) bond motifs is 1. The van der Waals surface area contributed by atoms with E-state index in [4.69, 9.17) is 0 Å². The molecule has 0 spiro atoms. The number of thioether (sulfide) groups is 1. The molecular weight excluding hydrogens is 212 g/mol. The van der Waals surface area contributed by atoms with E-state index >= 15 is 0 Å². The first kappa shape index (κ1) is 9.18. The molecule has 2 fully saturated rings. The number of hydrogen-bond donors (Lipinski definition) is 2. The first-order valence-electron chi connectivity index (χ1n) is 4.80. The molecule has 2 atom stereocenters. The Kier molecular flexibility index (Phi) is 1.81. The molecule has 0 aromatic rings. The number of carbonyl (C=O) groups excluding carboxylic acids is 1. The van der Waals surface area contributed by atoms with Crippen molar-refractivity contribution in [2.24, 2.45) is 10.9 Å². The van der Waals surface area contributed by atoms with E-state index in [0.717, 1.165) is 12.1 Å². The van der Waals surface area contributed by atoms with E-state index in [2.05, 4.69) is 10.3 Å². The van der Waals surface area contributed by atoms with Crippen LogP contribution in [0.1, 0.15) is 6.42 Å². The van der Waals surface area contributed by atoms with E-state index in [1.54, 1.807) is 6.08 Å². The number of rotatable bonds is 1. The summed E-state index contributed by atoms with van der Waals surface area (Å²) in [5.41, 5.74) is 0.224. The third-order valence-electron chi connectivity index (χ3n) is 2.76. The summed E-state index contributed by atoms with van der Waals surface area (Å²) in [7, 11) is 0. The molecule has 1 amide bonds. The maximum Gasteiger partial charge on any atom is 0.236 e. The van der Waals surface area contributed by atoms with Crippen molar-refractivity contribution in [3.63, 3.8) is 0 Å². The van der Waals surface area contributed by atoms with Gasteiger partial charge in [0.1, 0.15) is 0 Å². The lowest BCUT2D eigenvalue weighted by atomic mass is 10.1. The van der Waals surface area contributed by atoms with Gasteiger partial charge < -0.3 is 10.4 Å². The van der Waals surface area contributed by atoms with E-state index in [1.807, 2.05) is 12.2 Å². The minimum Gasteiger partial charge on any atom is -0.385 e. The lowest BCUT2D eigenvalue weighted by Gasteiger charge is -2.07. The van der Waals surface area contributed by atoms with Crippen molar-refractivity contribution in [2.45, 2.75) is 12.0 Å². The average Bonchev–Trinajstić information content (AvgIpc) is 2.69. The molecule has 0 bridgehead atoms. The van der Waals surface area contributed by atoms with Crippen molar-refractivity contribution in [3.05, 3.63) is 23.9 Å². The normalized spacial score (nSPS) is 40.1. The first-order valence-corrected chi connectivity index (χ1v) is 5.79. The Morgan fingerprint density at radius 1 is 1.67 bits per heavy atom. The highest BCUT2D eigenvalue weighted by atomic mass is 32.2. The molecule has 5 heteroatoms. The van der Waals surface area contributed by atoms with Crippen molar-refractivity contribution < 1.29 is 9.90 Å². The minimum absolute atomic E-state index is 0.00191. The number of aliphatic imine (C=N–C) groups is 1. The number of hydrogen-bond acceptors (Lipinski definition) is 4. The zero-order chi connectivity index (χ0) is 10.5. The van der Waals surface area contributed by atoms with Gasteiger partial charge in [0.2, 0.25) is 5.91 Å². The van der Waals surface area contributed by atoms with Gasteiger partial charge in [-0.1, -0.05) is 23.9 Å². The van der Waals surface area contributed by atoms with E-state index in [9.17, 15) is 9.90 Å². The van der Waals surface area contributed by atoms with Crippen LogP contribution in [0.15, 0.2) is 28.9 Å². The van der Waals surface area contributed by atoms with Crippen LogP contribution in [-0.2, 0) is 4.79 Å². The largest absolute Gasteiger partial charge is 0.385 e. The monoisotopic (exact) mass is 222 g/mol. The third kappa shape index (κ3) is 1.61. The molecule has 0 radical (unpaired) electrons. The fraction of sp³-hybridized carbons (Fsp3) is 0.400. The van der Waals surface area contributed by atoms with E-state index in [0.29, 0.717) is 10.9 Å². The minimum atomic E-state index is -0.601. The molecule has 1 aliphatic heterocycles. The van der Waals surface area contributed by atoms with Gasteiger partial charge in [0, 0.05) is 5.92 Å². The summed E-state index contributed by atoms with van der Waals surface area (Å²) in [4.78, 5) is 15.2. The fourth-order valence-corrected chi connectivity index (χ4v) is 2.45. The van der Waals surface area contributed by atoms with Crippen molar-refractivity contribution >= 4 is 22.8 Å². The second kappa shape index (κ2) is 2.96. The molecule has 2 aliphatic carbocycles. The SMILES string of the molecule is O=C1CSC(=NC2=CC3CC3(O)C=C2)N1. The van der Waals surface area contributed by atoms with Gasteiger partial charge >= 0.3 is 0 Å². The molecule has 2 N–H and O–H groups in total. The molecule has 78 valence electrons. The summed E-state index contributed by atoms with van der Waals surface area (Å²) in [5, 5.41) is 13.0. The number of nitrogens with one attached hydrogen (secondary N) is 1. The molecule has 1 saturated heterocycles. The van der Waals surface area contributed by atoms with E-state index < -0.39 is 5.60 Å². The maximum absolute atomic E-state index is 10.9. The summed E-state index contributed by atoms with van der Waals surface area (Å²) in [6.45, 7) is 0. The van der Waals surface area contributed by atoms with Crippen molar-refractivity contribution in [3.8, 4) is 0 Å². The van der Waals surface area contributed by atoms with Crippen LogP contribution in [0.3, 0.4) is 0 Å². The average molecular weight is 222 g/mol. The molecule has 0 aromatic heterocycles. The topological polar surface area (TPSA) is 61.7 Å². The van der Waals surface area contributed by atoms with Gasteiger partial charge in [-0.15, -0.1) is 0 Å². The van der Waals surface area contributed by atoms with Gasteiger partial charge in [-0.3, -0.25) is 4.79 Å². The zero-order valence-corrected chi connectivity index (χ0v) is 8.75. The quantitative estimate of drug-likeness (QED) is 0.675. The van der Waals surface area contributed by atoms with E-state index in [1.165, 1.54) is 11.8 Å². The Bertz CT molecular complexity index is 427. The number of carbonyl (C=O) groups is 1. The van der Waals surface area contributed by atoms with Crippen LogP contribution < -0.4 is 5.32 Å². The van der Waals surface area contributed by atoms with Crippen molar-refractivity contribution in [2.75, 3.05) is 5.75 Å². The zero-order valence-electron chi connectivity index (χ0n) is 7.93. The summed E-state index contributed by atoms with van der Waals surface area (Å²) in [6.07, 6.45) is 6.34. The molecule has 0 aromatic carbocycles. The number of allylic oxidation sites excluding steroid dienone is 1. The van der Waals surface area contributed by atoms with Gasteiger partial charge in [0.25, 0.3) is 0 Å². The Hall–Kier alpha value is -1.07. The first-order chi connectivity index (χ1) is 7.16. The predicted molar refractivity (Wildman–Crippen MR) is 58.3 cm³/mol. The Balaban J connectivity index is 1.78. The van der Waals surface area contributed by atoms with Crippen LogP contribution in [0, 0.1) is 5.92 Å². The summed E-state index contributed by atoms with van der Waals surface area (Å²) < 4.78 is 0. The van der Waals surface area contributed by atoms with Crippen LogP contribution in [-0.4, -0.2) is 27.5 Å². The number of nitrogens with zero attached hydrogens (tertiary/aromatic N) is 1. The second-order valence-corrected chi connectivity index (χ2v) is 4.94. The Labute approximate surface area is 91.2 Å². The van der Waals surface area contributed by atoms with Crippen LogP contribution in [0.5, 0.6) is 0 Å². The molecule has 1 heterocycles. The lowest BCUT2D eigenvalue weighted by molar-refractivity contribution is -0.116. The predicted octanol–water partition coefficient (Wildman–Crippen LogP) is 0.410. The lowest BCUT2D eigenvalue weighted by Crippen LogP contribution is -2.20. The number of aliphatic hydroxyl groups is 1. The van der Waals surface area contributed by atoms with Gasteiger partial charge in [0.15, 0.2) is 5.17 Å². The third-order valence-corrected chi connectivity index (χ3v) is 3.63. The highest BCUT2D eigenvalue weighted by Gasteiger charge is 2.50. The maximum atomic E-state index is 10.9. The van der Waals surface area contributed by atoms with E-state index in [-0.39, 0.29) is 11.8 Å². The summed E-state index contributed by atoms with van der Waals surface area (Å²) in [6, 6.07) is 0. The van der Waals surface area contributed by atoms with Crippen LogP contribution in [0.25, 0.3) is 0 Å². The number of amides is 1. The van der Waals surface area contributed by atoms with Gasteiger partial charge in [-0.05, 0) is 12.5 Å². The second-order valence-electron chi connectivity index (χ2n) is 3.98. The molecule has 4 nitrogen and oxygen atoms in total. The number of amidine groups is 1. The molecule has 15 heavy (non-hydrogen) atoms. The molecule has 3 aliphatic rings. The van der Waals surface area contributed by atoms with Gasteiger partial charge in [-0.25, -0.2) is 4.99 Å². The molecule has 2 unspecified atom stereocenters. The van der Waals surface area contributed by atoms with Crippen LogP contribution in [0.2, 0.25) is 0 Å². The van der Waals surface area contributed by atoms with Gasteiger partial charge in [-0.2, -0.15) is 0 Å². The van der Waals surface area contributed by atoms with Crippen LogP contribution in [0.4, 0.5) is 0 Å². The van der Waals surface area contributed by atoms with Crippen molar-refractivity contribution in [1.29, 1.82) is 0 Å². The Morgan fingerprint density at radius 3 is 3.20 bits per heavy atom. The molecule has 3 rings (SSSR count). The van der Waals surface area contributed by atoms with Crippen molar-refractivity contribution in [1.82, 2.24) is 5.32 Å². The highest BCUT2D eigenvalue weighted by Crippen LogP contribution is 2.48. The Morgan fingerprint density at radius 2 is 2.53 bits per heavy atom. The summed E-state index contributed by atoms with van der Waals surface area (Å²) >= 11 is 1.41. The standard InChI is InChI=1S/C10H10N2O2S/c13-8-5-15-9(12-8)11-7-1-2-10(14)4-6(10)3-7/h1-3,6,14H,4-5H2,(H,11,12,13). The molecular formula is C10H10N2O2S. The molecule has 1 saturated carbocycles. The van der Waals surface area contributed by atoms with Gasteiger partial charge in [0.05, 0.1) is 17.1 Å². The highest BCUT2D eigenvalue weighted by molar-refractivity contribution is 8.15. The smallest absolute Gasteiger partial charge is 0.236 e.